The van der Waals surface area contributed by atoms with E-state index in [9.17, 15) is 18.0 Å². The Kier molecular flexibility index (Phi) is 5.66. The number of halogens is 3. The van der Waals surface area contributed by atoms with E-state index in [1.54, 1.807) is 0 Å². The zero-order valence-electron chi connectivity index (χ0n) is 12.5. The highest BCUT2D eigenvalue weighted by Gasteiger charge is 2.33. The fourth-order valence-corrected chi connectivity index (χ4v) is 1.63. The molecule has 0 amide bonds. The van der Waals surface area contributed by atoms with Crippen molar-refractivity contribution in [3.8, 4) is 6.01 Å². The lowest BCUT2D eigenvalue weighted by Crippen LogP contribution is -2.10. The maximum absolute atomic E-state index is 12.5. The molecular formula is C13H13F3N4O4. The van der Waals surface area contributed by atoms with Crippen LogP contribution >= 0.6 is 0 Å². The van der Waals surface area contributed by atoms with Crippen molar-refractivity contribution < 1.29 is 32.0 Å². The number of nitrogens with zero attached hydrogens (tertiary/aromatic N) is 4. The predicted octanol–water partition coefficient (Wildman–Crippen LogP) is 1.95. The summed E-state index contributed by atoms with van der Waals surface area (Å²) < 4.78 is 52.0. The molecule has 0 atom stereocenters. The third kappa shape index (κ3) is 5.18. The molecule has 0 saturated heterocycles. The molecule has 0 bridgehead atoms. The van der Waals surface area contributed by atoms with Gasteiger partial charge in [0.2, 0.25) is 11.7 Å². The van der Waals surface area contributed by atoms with Gasteiger partial charge >= 0.3 is 18.2 Å². The number of aryl methyl sites for hydroxylation is 1. The topological polar surface area (TPSA) is 100 Å². The summed E-state index contributed by atoms with van der Waals surface area (Å²) in [5, 5.41) is 3.62. The van der Waals surface area contributed by atoms with Crippen LogP contribution < -0.4 is 4.74 Å². The number of methoxy groups -OCH3 is 1. The molecule has 0 aromatic carbocycles. The number of hydrogen-bond acceptors (Lipinski definition) is 8. The van der Waals surface area contributed by atoms with Crippen molar-refractivity contribution in [2.45, 2.75) is 32.0 Å². The van der Waals surface area contributed by atoms with E-state index in [0.717, 1.165) is 12.3 Å². The number of aromatic nitrogens is 4. The third-order valence-electron chi connectivity index (χ3n) is 2.76. The Morgan fingerprint density at radius 1 is 1.33 bits per heavy atom. The summed E-state index contributed by atoms with van der Waals surface area (Å²) in [5.41, 5.74) is -1.11. The van der Waals surface area contributed by atoms with Gasteiger partial charge in [-0.3, -0.25) is 4.79 Å². The second-order valence-corrected chi connectivity index (χ2v) is 4.54. The van der Waals surface area contributed by atoms with Crippen LogP contribution in [0, 0.1) is 0 Å². The standard InChI is InChI=1S/C13H13F3N4O4/c1-22-11(21)4-2-3-10-19-9(20-24-10)7-23-12-17-6-5-8(18-12)13(14,15)16/h5-6H,2-4,7H2,1H3. The molecule has 2 aromatic heterocycles. The predicted molar refractivity (Wildman–Crippen MR) is 70.6 cm³/mol. The van der Waals surface area contributed by atoms with Crippen LogP contribution in [-0.2, 0) is 28.7 Å². The van der Waals surface area contributed by atoms with Gasteiger partial charge in [-0.05, 0) is 12.5 Å². The van der Waals surface area contributed by atoms with E-state index in [1.165, 1.54) is 7.11 Å². The van der Waals surface area contributed by atoms with Crippen LogP contribution in [0.2, 0.25) is 0 Å². The van der Waals surface area contributed by atoms with Gasteiger partial charge in [0.25, 0.3) is 0 Å². The van der Waals surface area contributed by atoms with Crippen LogP contribution in [0.4, 0.5) is 13.2 Å². The highest BCUT2D eigenvalue weighted by molar-refractivity contribution is 5.69. The lowest BCUT2D eigenvalue weighted by molar-refractivity contribution is -0.142. The van der Waals surface area contributed by atoms with E-state index in [1.807, 2.05) is 0 Å². The third-order valence-corrected chi connectivity index (χ3v) is 2.76. The monoisotopic (exact) mass is 346 g/mol. The zero-order chi connectivity index (χ0) is 17.6. The molecule has 0 N–H and O–H groups in total. The Morgan fingerprint density at radius 3 is 2.83 bits per heavy atom. The average molecular weight is 346 g/mol. The molecule has 0 aliphatic heterocycles. The molecule has 8 nitrogen and oxygen atoms in total. The van der Waals surface area contributed by atoms with Crippen molar-refractivity contribution in [3.63, 3.8) is 0 Å². The summed E-state index contributed by atoms with van der Waals surface area (Å²) in [6.07, 6.45) is -2.60. The van der Waals surface area contributed by atoms with E-state index >= 15 is 0 Å². The minimum Gasteiger partial charge on any atom is -0.469 e. The minimum absolute atomic E-state index is 0.129. The molecule has 0 aliphatic rings. The van der Waals surface area contributed by atoms with Gasteiger partial charge in [-0.25, -0.2) is 4.98 Å². The quantitative estimate of drug-likeness (QED) is 0.701. The van der Waals surface area contributed by atoms with Crippen LogP contribution in [0.25, 0.3) is 0 Å². The average Bonchev–Trinajstić information content (AvgIpc) is 3.00. The number of ether oxygens (including phenoxy) is 2. The first-order valence-corrected chi connectivity index (χ1v) is 6.80. The molecule has 11 heteroatoms. The molecule has 130 valence electrons. The Morgan fingerprint density at radius 2 is 2.12 bits per heavy atom. The van der Waals surface area contributed by atoms with Gasteiger partial charge < -0.3 is 14.0 Å². The Bertz CT molecular complexity index is 690. The summed E-state index contributed by atoms with van der Waals surface area (Å²) in [7, 11) is 1.29. The highest BCUT2D eigenvalue weighted by Crippen LogP contribution is 2.27. The number of carbonyl (C=O) groups is 1. The molecule has 2 heterocycles. The van der Waals surface area contributed by atoms with Crippen molar-refractivity contribution >= 4 is 5.97 Å². The SMILES string of the molecule is COC(=O)CCCc1nc(COc2nccc(C(F)(F)F)n2)no1. The van der Waals surface area contributed by atoms with Crippen molar-refractivity contribution in [2.24, 2.45) is 0 Å². The van der Waals surface area contributed by atoms with Crippen LogP contribution in [0.1, 0.15) is 30.3 Å². The fraction of sp³-hybridized carbons (Fsp3) is 0.462. The maximum Gasteiger partial charge on any atom is 0.433 e. The second kappa shape index (κ2) is 7.70. The minimum atomic E-state index is -4.58. The van der Waals surface area contributed by atoms with Gasteiger partial charge in [-0.2, -0.15) is 23.1 Å². The summed E-state index contributed by atoms with van der Waals surface area (Å²) in [5.74, 6) is 0.0614. The summed E-state index contributed by atoms with van der Waals surface area (Å²) in [6, 6.07) is 0.294. The molecular weight excluding hydrogens is 333 g/mol. The molecule has 2 aromatic rings. The summed E-state index contributed by atoms with van der Waals surface area (Å²) >= 11 is 0. The summed E-state index contributed by atoms with van der Waals surface area (Å²) in [4.78, 5) is 21.8. The van der Waals surface area contributed by atoms with Crippen molar-refractivity contribution in [1.82, 2.24) is 20.1 Å². The number of esters is 1. The van der Waals surface area contributed by atoms with Crippen molar-refractivity contribution in [3.05, 3.63) is 29.7 Å². The molecule has 0 saturated carbocycles. The molecule has 24 heavy (non-hydrogen) atoms. The fourth-order valence-electron chi connectivity index (χ4n) is 1.63. The zero-order valence-corrected chi connectivity index (χ0v) is 12.5. The van der Waals surface area contributed by atoms with E-state index in [-0.39, 0.29) is 30.7 Å². The normalized spacial score (nSPS) is 11.3. The van der Waals surface area contributed by atoms with Gasteiger partial charge in [0.1, 0.15) is 0 Å². The summed E-state index contributed by atoms with van der Waals surface area (Å²) in [6.45, 7) is -0.248. The largest absolute Gasteiger partial charge is 0.469 e. The van der Waals surface area contributed by atoms with Gasteiger partial charge in [0.05, 0.1) is 7.11 Å². The molecule has 0 fully saturated rings. The van der Waals surface area contributed by atoms with E-state index in [4.69, 9.17) is 9.26 Å². The first-order chi connectivity index (χ1) is 11.4. The highest BCUT2D eigenvalue weighted by atomic mass is 19.4. The molecule has 0 unspecified atom stereocenters. The number of carbonyl (C=O) groups excluding carboxylic acids is 1. The molecule has 0 radical (unpaired) electrons. The van der Waals surface area contributed by atoms with E-state index < -0.39 is 17.9 Å². The molecule has 2 rings (SSSR count). The van der Waals surface area contributed by atoms with Crippen LogP contribution in [0.3, 0.4) is 0 Å². The number of hydrogen-bond donors (Lipinski definition) is 0. The van der Waals surface area contributed by atoms with Gasteiger partial charge in [-0.1, -0.05) is 5.16 Å². The first kappa shape index (κ1) is 17.6. The second-order valence-electron chi connectivity index (χ2n) is 4.54. The van der Waals surface area contributed by atoms with Gasteiger partial charge in [0.15, 0.2) is 12.3 Å². The van der Waals surface area contributed by atoms with E-state index in [2.05, 4.69) is 24.8 Å². The lowest BCUT2D eigenvalue weighted by Gasteiger charge is -2.06. The Labute approximate surface area is 134 Å². The van der Waals surface area contributed by atoms with Gasteiger partial charge in [0, 0.05) is 19.0 Å². The first-order valence-electron chi connectivity index (χ1n) is 6.80. The number of rotatable bonds is 7. The van der Waals surface area contributed by atoms with Crippen molar-refractivity contribution in [2.75, 3.05) is 7.11 Å². The van der Waals surface area contributed by atoms with Crippen LogP contribution in [-0.4, -0.2) is 33.2 Å². The smallest absolute Gasteiger partial charge is 0.433 e. The maximum atomic E-state index is 12.5. The van der Waals surface area contributed by atoms with Crippen molar-refractivity contribution in [1.29, 1.82) is 0 Å². The Hall–Kier alpha value is -2.72. The lowest BCUT2D eigenvalue weighted by atomic mass is 10.2. The van der Waals surface area contributed by atoms with Crippen LogP contribution in [0.5, 0.6) is 6.01 Å². The van der Waals surface area contributed by atoms with Gasteiger partial charge in [-0.15, -0.1) is 0 Å². The number of alkyl halides is 3. The molecule has 0 spiro atoms. The molecule has 0 aliphatic carbocycles. The van der Waals surface area contributed by atoms with Crippen LogP contribution in [0.15, 0.2) is 16.8 Å². The Balaban J connectivity index is 1.86. The van der Waals surface area contributed by atoms with E-state index in [0.29, 0.717) is 12.8 Å².